The fraction of sp³-hybridized carbons (Fsp3) is 0.600. The summed E-state index contributed by atoms with van der Waals surface area (Å²) in [6.07, 6.45) is 2.25. The van der Waals surface area contributed by atoms with E-state index in [9.17, 15) is 0 Å². The third-order valence-corrected chi connectivity index (χ3v) is 2.89. The molecule has 0 amide bonds. The first-order chi connectivity index (χ1) is 8.22. The first-order valence-electron chi connectivity index (χ1n) is 6.69. The summed E-state index contributed by atoms with van der Waals surface area (Å²) >= 11 is 0. The van der Waals surface area contributed by atoms with Crippen molar-refractivity contribution >= 4 is 0 Å². The van der Waals surface area contributed by atoms with Gasteiger partial charge < -0.3 is 10.1 Å². The molecule has 0 aliphatic carbocycles. The fourth-order valence-electron chi connectivity index (χ4n) is 2.02. The maximum absolute atomic E-state index is 5.71. The van der Waals surface area contributed by atoms with Crippen molar-refractivity contribution in [2.24, 2.45) is 0 Å². The second-order valence-corrected chi connectivity index (χ2v) is 4.39. The highest BCUT2D eigenvalue weighted by Crippen LogP contribution is 2.28. The Bertz CT molecular complexity index is 336. The lowest BCUT2D eigenvalue weighted by molar-refractivity contribution is 0.330. The van der Waals surface area contributed by atoms with E-state index >= 15 is 0 Å². The Balaban J connectivity index is 2.93. The summed E-state index contributed by atoms with van der Waals surface area (Å²) < 4.78 is 5.71. The van der Waals surface area contributed by atoms with Crippen LogP contribution in [-0.4, -0.2) is 13.2 Å². The highest BCUT2D eigenvalue weighted by molar-refractivity contribution is 5.39. The molecule has 1 aromatic carbocycles. The summed E-state index contributed by atoms with van der Waals surface area (Å²) in [6, 6.07) is 6.84. The summed E-state index contributed by atoms with van der Waals surface area (Å²) in [5, 5.41) is 3.58. The van der Waals surface area contributed by atoms with Gasteiger partial charge >= 0.3 is 0 Å². The predicted molar refractivity (Wildman–Crippen MR) is 73.7 cm³/mol. The molecule has 1 N–H and O–H groups in total. The fourth-order valence-corrected chi connectivity index (χ4v) is 2.02. The topological polar surface area (TPSA) is 21.3 Å². The smallest absolute Gasteiger partial charge is 0.124 e. The summed E-state index contributed by atoms with van der Waals surface area (Å²) in [4.78, 5) is 0. The molecule has 0 radical (unpaired) electrons. The minimum Gasteiger partial charge on any atom is -0.494 e. The molecule has 96 valence electrons. The van der Waals surface area contributed by atoms with Gasteiger partial charge in [-0.05, 0) is 39.3 Å². The van der Waals surface area contributed by atoms with Crippen LogP contribution in [0.5, 0.6) is 5.75 Å². The zero-order valence-corrected chi connectivity index (χ0v) is 11.5. The SMILES string of the molecule is CCCNC(CC)c1cc(C)ccc1OCC. The largest absolute Gasteiger partial charge is 0.494 e. The molecule has 1 aromatic rings. The first kappa shape index (κ1) is 14.0. The molecule has 0 saturated carbocycles. The van der Waals surface area contributed by atoms with Crippen molar-refractivity contribution in [2.75, 3.05) is 13.2 Å². The average Bonchev–Trinajstić information content (AvgIpc) is 2.33. The number of hydrogen-bond donors (Lipinski definition) is 1. The molecule has 0 fully saturated rings. The van der Waals surface area contributed by atoms with Gasteiger partial charge in [0.1, 0.15) is 5.75 Å². The van der Waals surface area contributed by atoms with E-state index in [1.165, 1.54) is 11.1 Å². The third kappa shape index (κ3) is 4.04. The van der Waals surface area contributed by atoms with E-state index in [-0.39, 0.29) is 0 Å². The molecule has 17 heavy (non-hydrogen) atoms. The molecule has 0 aliphatic rings. The molecule has 1 atom stereocenters. The molecular formula is C15H25NO. The summed E-state index contributed by atoms with van der Waals surface area (Å²) in [7, 11) is 0. The van der Waals surface area contributed by atoms with Crippen LogP contribution in [-0.2, 0) is 0 Å². The molecule has 0 aliphatic heterocycles. The minimum atomic E-state index is 0.399. The molecule has 2 nitrogen and oxygen atoms in total. The van der Waals surface area contributed by atoms with Gasteiger partial charge in [-0.15, -0.1) is 0 Å². The van der Waals surface area contributed by atoms with Crippen LogP contribution in [0.2, 0.25) is 0 Å². The molecule has 0 aromatic heterocycles. The first-order valence-corrected chi connectivity index (χ1v) is 6.69. The normalized spacial score (nSPS) is 12.5. The standard InChI is InChI=1S/C15H25NO/c1-5-10-16-14(6-2)13-11-12(4)8-9-15(13)17-7-3/h8-9,11,14,16H,5-7,10H2,1-4H3. The molecule has 0 spiro atoms. The van der Waals surface area contributed by atoms with Crippen molar-refractivity contribution < 1.29 is 4.74 Å². The van der Waals surface area contributed by atoms with Gasteiger partial charge in [-0.1, -0.05) is 31.5 Å². The van der Waals surface area contributed by atoms with E-state index in [0.717, 1.165) is 31.7 Å². The lowest BCUT2D eigenvalue weighted by atomic mass is 10.0. The number of aryl methyl sites for hydroxylation is 1. The van der Waals surface area contributed by atoms with Gasteiger partial charge in [0.2, 0.25) is 0 Å². The van der Waals surface area contributed by atoms with Crippen molar-refractivity contribution in [2.45, 2.75) is 46.6 Å². The Labute approximate surface area is 105 Å². The van der Waals surface area contributed by atoms with E-state index in [1.54, 1.807) is 0 Å². The zero-order chi connectivity index (χ0) is 12.7. The predicted octanol–water partition coefficient (Wildman–Crippen LogP) is 3.84. The summed E-state index contributed by atoms with van der Waals surface area (Å²) in [6.45, 7) is 10.3. The van der Waals surface area contributed by atoms with E-state index in [4.69, 9.17) is 4.74 Å². The molecule has 2 heteroatoms. The van der Waals surface area contributed by atoms with Crippen LogP contribution in [0.4, 0.5) is 0 Å². The van der Waals surface area contributed by atoms with Gasteiger partial charge in [0.25, 0.3) is 0 Å². The highest BCUT2D eigenvalue weighted by Gasteiger charge is 2.13. The van der Waals surface area contributed by atoms with Crippen LogP contribution in [0.25, 0.3) is 0 Å². The van der Waals surface area contributed by atoms with E-state index < -0.39 is 0 Å². The second-order valence-electron chi connectivity index (χ2n) is 4.39. The van der Waals surface area contributed by atoms with E-state index in [1.807, 2.05) is 6.92 Å². The monoisotopic (exact) mass is 235 g/mol. The minimum absolute atomic E-state index is 0.399. The van der Waals surface area contributed by atoms with Gasteiger partial charge in [-0.2, -0.15) is 0 Å². The lowest BCUT2D eigenvalue weighted by Crippen LogP contribution is -2.22. The van der Waals surface area contributed by atoms with Crippen molar-refractivity contribution in [3.05, 3.63) is 29.3 Å². The Kier molecular flexibility index (Phi) is 6.06. The van der Waals surface area contributed by atoms with Gasteiger partial charge in [0.15, 0.2) is 0 Å². The lowest BCUT2D eigenvalue weighted by Gasteiger charge is -2.21. The second kappa shape index (κ2) is 7.33. The van der Waals surface area contributed by atoms with Gasteiger partial charge in [0.05, 0.1) is 6.61 Å². The van der Waals surface area contributed by atoms with Crippen LogP contribution < -0.4 is 10.1 Å². The maximum Gasteiger partial charge on any atom is 0.124 e. The van der Waals surface area contributed by atoms with E-state index in [2.05, 4.69) is 44.3 Å². The number of nitrogens with one attached hydrogen (secondary N) is 1. The van der Waals surface area contributed by atoms with Crippen LogP contribution in [0, 0.1) is 6.92 Å². The number of rotatable bonds is 7. The van der Waals surface area contributed by atoms with Gasteiger partial charge in [0, 0.05) is 11.6 Å². The Morgan fingerprint density at radius 2 is 2.00 bits per heavy atom. The summed E-state index contributed by atoms with van der Waals surface area (Å²) in [5.41, 5.74) is 2.59. The zero-order valence-electron chi connectivity index (χ0n) is 11.5. The quantitative estimate of drug-likeness (QED) is 0.775. The Morgan fingerprint density at radius 1 is 1.24 bits per heavy atom. The maximum atomic E-state index is 5.71. The average molecular weight is 235 g/mol. The van der Waals surface area contributed by atoms with Crippen molar-refractivity contribution in [3.63, 3.8) is 0 Å². The van der Waals surface area contributed by atoms with Crippen LogP contribution in [0.3, 0.4) is 0 Å². The Morgan fingerprint density at radius 3 is 2.59 bits per heavy atom. The Hall–Kier alpha value is -1.02. The molecule has 0 saturated heterocycles. The van der Waals surface area contributed by atoms with Crippen LogP contribution in [0.15, 0.2) is 18.2 Å². The third-order valence-electron chi connectivity index (χ3n) is 2.89. The van der Waals surface area contributed by atoms with Crippen molar-refractivity contribution in [3.8, 4) is 5.75 Å². The van der Waals surface area contributed by atoms with Crippen LogP contribution >= 0.6 is 0 Å². The number of benzene rings is 1. The number of hydrogen-bond acceptors (Lipinski definition) is 2. The summed E-state index contributed by atoms with van der Waals surface area (Å²) in [5.74, 6) is 1.02. The van der Waals surface area contributed by atoms with Gasteiger partial charge in [-0.25, -0.2) is 0 Å². The van der Waals surface area contributed by atoms with E-state index in [0.29, 0.717) is 6.04 Å². The molecule has 1 unspecified atom stereocenters. The van der Waals surface area contributed by atoms with Crippen molar-refractivity contribution in [1.29, 1.82) is 0 Å². The highest BCUT2D eigenvalue weighted by atomic mass is 16.5. The van der Waals surface area contributed by atoms with Crippen molar-refractivity contribution in [1.82, 2.24) is 5.32 Å². The van der Waals surface area contributed by atoms with Gasteiger partial charge in [-0.3, -0.25) is 0 Å². The molecule has 0 heterocycles. The molecule has 1 rings (SSSR count). The van der Waals surface area contributed by atoms with Crippen LogP contribution in [0.1, 0.15) is 50.8 Å². The number of ether oxygens (including phenoxy) is 1. The molecule has 0 bridgehead atoms. The molecular weight excluding hydrogens is 210 g/mol.